The van der Waals surface area contributed by atoms with E-state index in [1.54, 1.807) is 0 Å². The molecule has 1 aliphatic rings. The van der Waals surface area contributed by atoms with E-state index in [0.717, 1.165) is 18.7 Å². The predicted molar refractivity (Wildman–Crippen MR) is 86.7 cm³/mol. The van der Waals surface area contributed by atoms with Crippen molar-refractivity contribution in [2.24, 2.45) is 5.73 Å². The van der Waals surface area contributed by atoms with Crippen LogP contribution in [0.2, 0.25) is 0 Å². The Balaban J connectivity index is 1.90. The highest BCUT2D eigenvalue weighted by atomic mass is 32.1. The standard InChI is InChI=1S/C15H26N4S/c1-12(10-15(16)20)18(2)11-13-8-9-19(17-13)14-6-4-3-5-7-14/h8-9,12,14H,3-7,10-11H2,1-2H3,(H2,16,20). The van der Waals surface area contributed by atoms with E-state index < -0.39 is 0 Å². The Morgan fingerprint density at radius 1 is 1.50 bits per heavy atom. The lowest BCUT2D eigenvalue weighted by atomic mass is 9.96. The number of rotatable bonds is 6. The summed E-state index contributed by atoms with van der Waals surface area (Å²) < 4.78 is 2.17. The van der Waals surface area contributed by atoms with Crippen LogP contribution in [-0.2, 0) is 6.54 Å². The second-order valence-electron chi connectivity index (χ2n) is 6.01. The zero-order valence-electron chi connectivity index (χ0n) is 12.6. The molecule has 0 radical (unpaired) electrons. The third-order valence-electron chi connectivity index (χ3n) is 4.27. The van der Waals surface area contributed by atoms with Crippen molar-refractivity contribution >= 4 is 17.2 Å². The molecule has 4 nitrogen and oxygen atoms in total. The topological polar surface area (TPSA) is 47.1 Å². The van der Waals surface area contributed by atoms with Gasteiger partial charge in [0.15, 0.2) is 0 Å². The van der Waals surface area contributed by atoms with Crippen LogP contribution in [0.5, 0.6) is 0 Å². The fourth-order valence-electron chi connectivity index (χ4n) is 2.87. The van der Waals surface area contributed by atoms with Crippen LogP contribution < -0.4 is 5.73 Å². The highest BCUT2D eigenvalue weighted by molar-refractivity contribution is 7.80. The molecule has 0 saturated heterocycles. The third kappa shape index (κ3) is 4.28. The number of hydrogen-bond acceptors (Lipinski definition) is 3. The van der Waals surface area contributed by atoms with Crippen molar-refractivity contribution < 1.29 is 0 Å². The number of nitrogens with zero attached hydrogens (tertiary/aromatic N) is 3. The monoisotopic (exact) mass is 294 g/mol. The molecule has 1 aliphatic carbocycles. The van der Waals surface area contributed by atoms with Gasteiger partial charge in [-0.3, -0.25) is 9.58 Å². The maximum absolute atomic E-state index is 5.61. The molecule has 1 aromatic heterocycles. The normalized spacial score (nSPS) is 18.4. The molecule has 0 aromatic carbocycles. The molecular weight excluding hydrogens is 268 g/mol. The summed E-state index contributed by atoms with van der Waals surface area (Å²) in [6.07, 6.45) is 9.50. The summed E-state index contributed by atoms with van der Waals surface area (Å²) in [7, 11) is 2.10. The first-order chi connectivity index (χ1) is 9.56. The Labute approximate surface area is 127 Å². The van der Waals surface area contributed by atoms with E-state index in [4.69, 9.17) is 23.1 Å². The molecule has 1 fully saturated rings. The molecule has 0 aliphatic heterocycles. The minimum atomic E-state index is 0.354. The van der Waals surface area contributed by atoms with Crippen LogP contribution in [0.1, 0.15) is 57.2 Å². The molecule has 1 heterocycles. The molecule has 20 heavy (non-hydrogen) atoms. The van der Waals surface area contributed by atoms with Gasteiger partial charge in [0.25, 0.3) is 0 Å². The van der Waals surface area contributed by atoms with Crippen LogP contribution in [0.3, 0.4) is 0 Å². The van der Waals surface area contributed by atoms with Crippen molar-refractivity contribution in [2.75, 3.05) is 7.05 Å². The lowest BCUT2D eigenvalue weighted by molar-refractivity contribution is 0.249. The van der Waals surface area contributed by atoms with Crippen LogP contribution >= 0.6 is 12.2 Å². The molecule has 0 bridgehead atoms. The van der Waals surface area contributed by atoms with Crippen LogP contribution in [0.4, 0.5) is 0 Å². The summed E-state index contributed by atoms with van der Waals surface area (Å²) in [5, 5.41) is 4.75. The fraction of sp³-hybridized carbons (Fsp3) is 0.733. The third-order valence-corrected chi connectivity index (χ3v) is 4.44. The Bertz CT molecular complexity index is 437. The van der Waals surface area contributed by atoms with Crippen molar-refractivity contribution in [3.63, 3.8) is 0 Å². The van der Waals surface area contributed by atoms with Gasteiger partial charge in [0, 0.05) is 25.2 Å². The molecule has 2 rings (SSSR count). The molecule has 5 heteroatoms. The molecule has 1 atom stereocenters. The van der Waals surface area contributed by atoms with Crippen LogP contribution in [0, 0.1) is 0 Å². The van der Waals surface area contributed by atoms with Gasteiger partial charge in [0.1, 0.15) is 0 Å². The van der Waals surface area contributed by atoms with E-state index in [1.165, 1.54) is 32.1 Å². The smallest absolute Gasteiger partial charge is 0.0764 e. The average Bonchev–Trinajstić information content (AvgIpc) is 2.87. The van der Waals surface area contributed by atoms with E-state index in [1.807, 2.05) is 0 Å². The van der Waals surface area contributed by atoms with Crippen molar-refractivity contribution in [3.8, 4) is 0 Å². The Hall–Kier alpha value is -0.940. The molecule has 112 valence electrons. The average molecular weight is 294 g/mol. The Kier molecular flexibility index (Phi) is 5.54. The SMILES string of the molecule is CC(CC(N)=S)N(C)Cc1ccn(C2CCCCC2)n1. The Morgan fingerprint density at radius 2 is 2.20 bits per heavy atom. The largest absolute Gasteiger partial charge is 0.393 e. The summed E-state index contributed by atoms with van der Waals surface area (Å²) in [5.41, 5.74) is 6.74. The summed E-state index contributed by atoms with van der Waals surface area (Å²) in [6, 6.07) is 3.10. The molecule has 1 unspecified atom stereocenters. The first-order valence-electron chi connectivity index (χ1n) is 7.59. The second kappa shape index (κ2) is 7.18. The highest BCUT2D eigenvalue weighted by Crippen LogP contribution is 2.27. The van der Waals surface area contributed by atoms with Crippen molar-refractivity contribution in [3.05, 3.63) is 18.0 Å². The summed E-state index contributed by atoms with van der Waals surface area (Å²) in [6.45, 7) is 3.00. The predicted octanol–water partition coefficient (Wildman–Crippen LogP) is 2.88. The van der Waals surface area contributed by atoms with Gasteiger partial charge in [-0.1, -0.05) is 31.5 Å². The van der Waals surface area contributed by atoms with Gasteiger partial charge in [-0.05, 0) is 32.9 Å². The highest BCUT2D eigenvalue weighted by Gasteiger charge is 2.17. The van der Waals surface area contributed by atoms with Gasteiger partial charge in [-0.2, -0.15) is 5.10 Å². The van der Waals surface area contributed by atoms with Gasteiger partial charge < -0.3 is 5.73 Å². The zero-order chi connectivity index (χ0) is 14.5. The maximum atomic E-state index is 5.61. The summed E-state index contributed by atoms with van der Waals surface area (Å²) >= 11 is 4.98. The lowest BCUT2D eigenvalue weighted by Gasteiger charge is -2.24. The number of aromatic nitrogens is 2. The van der Waals surface area contributed by atoms with E-state index in [9.17, 15) is 0 Å². The number of nitrogens with two attached hydrogens (primary N) is 1. The fourth-order valence-corrected chi connectivity index (χ4v) is 3.11. The van der Waals surface area contributed by atoms with Gasteiger partial charge in [0.2, 0.25) is 0 Å². The molecule has 2 N–H and O–H groups in total. The number of hydrogen-bond donors (Lipinski definition) is 1. The minimum absolute atomic E-state index is 0.354. The number of thiocarbonyl (C=S) groups is 1. The maximum Gasteiger partial charge on any atom is 0.0764 e. The van der Waals surface area contributed by atoms with Crippen molar-refractivity contribution in [2.45, 2.75) is 64.1 Å². The quantitative estimate of drug-likeness (QED) is 0.820. The zero-order valence-corrected chi connectivity index (χ0v) is 13.4. The lowest BCUT2D eigenvalue weighted by Crippen LogP contribution is -2.32. The minimum Gasteiger partial charge on any atom is -0.393 e. The van der Waals surface area contributed by atoms with Gasteiger partial charge in [-0.15, -0.1) is 0 Å². The van der Waals surface area contributed by atoms with E-state index in [0.29, 0.717) is 17.1 Å². The molecule has 1 saturated carbocycles. The molecule has 0 amide bonds. The van der Waals surface area contributed by atoms with E-state index >= 15 is 0 Å². The van der Waals surface area contributed by atoms with E-state index in [-0.39, 0.29) is 0 Å². The van der Waals surface area contributed by atoms with Crippen LogP contribution in [-0.4, -0.2) is 32.8 Å². The van der Waals surface area contributed by atoms with Gasteiger partial charge in [0.05, 0.1) is 16.7 Å². The van der Waals surface area contributed by atoms with Crippen molar-refractivity contribution in [1.82, 2.24) is 14.7 Å². The Morgan fingerprint density at radius 3 is 2.85 bits per heavy atom. The van der Waals surface area contributed by atoms with Crippen LogP contribution in [0.15, 0.2) is 12.3 Å². The summed E-state index contributed by atoms with van der Waals surface area (Å²) in [4.78, 5) is 2.84. The van der Waals surface area contributed by atoms with Gasteiger partial charge >= 0.3 is 0 Å². The van der Waals surface area contributed by atoms with E-state index in [2.05, 4.69) is 35.8 Å². The first kappa shape index (κ1) is 15.4. The molecular formula is C15H26N4S. The molecule has 1 aromatic rings. The van der Waals surface area contributed by atoms with Gasteiger partial charge in [-0.25, -0.2) is 0 Å². The van der Waals surface area contributed by atoms with Crippen LogP contribution in [0.25, 0.3) is 0 Å². The summed E-state index contributed by atoms with van der Waals surface area (Å²) in [5.74, 6) is 0. The first-order valence-corrected chi connectivity index (χ1v) is 7.99. The molecule has 0 spiro atoms. The second-order valence-corrected chi connectivity index (χ2v) is 6.54. The van der Waals surface area contributed by atoms with Crippen molar-refractivity contribution in [1.29, 1.82) is 0 Å².